The number of ether oxygens (including phenoxy) is 1. The van der Waals surface area contributed by atoms with Crippen LogP contribution in [0.15, 0.2) is 30.3 Å². The molecular weight excluding hydrogens is 186 g/mol. The van der Waals surface area contributed by atoms with Gasteiger partial charge in [-0.15, -0.1) is 0 Å². The van der Waals surface area contributed by atoms with Crippen LogP contribution in [-0.4, -0.2) is 19.3 Å². The van der Waals surface area contributed by atoms with Crippen molar-refractivity contribution in [3.05, 3.63) is 35.9 Å². The molecule has 2 heteroatoms. The maximum absolute atomic E-state index is 6.13. The van der Waals surface area contributed by atoms with Crippen LogP contribution in [0.2, 0.25) is 0 Å². The molecule has 82 valence electrons. The van der Waals surface area contributed by atoms with Crippen molar-refractivity contribution in [3.63, 3.8) is 0 Å². The van der Waals surface area contributed by atoms with E-state index in [1.807, 2.05) is 6.07 Å². The van der Waals surface area contributed by atoms with Crippen LogP contribution in [0.4, 0.5) is 0 Å². The molecule has 1 fully saturated rings. The Bertz CT molecular complexity index is 280. The van der Waals surface area contributed by atoms with Crippen molar-refractivity contribution in [1.82, 2.24) is 0 Å². The molecule has 2 N–H and O–H groups in total. The first kappa shape index (κ1) is 10.7. The van der Waals surface area contributed by atoms with Gasteiger partial charge in [-0.2, -0.15) is 0 Å². The zero-order chi connectivity index (χ0) is 10.5. The molecule has 2 nitrogen and oxygen atoms in total. The zero-order valence-corrected chi connectivity index (χ0v) is 9.06. The van der Waals surface area contributed by atoms with Gasteiger partial charge in [0.25, 0.3) is 0 Å². The first-order valence-electron chi connectivity index (χ1n) is 5.72. The Morgan fingerprint density at radius 2 is 2.13 bits per heavy atom. The van der Waals surface area contributed by atoms with Crippen molar-refractivity contribution < 1.29 is 4.74 Å². The predicted octanol–water partition coefficient (Wildman–Crippen LogP) is 1.98. The van der Waals surface area contributed by atoms with Gasteiger partial charge < -0.3 is 10.5 Å². The summed E-state index contributed by atoms with van der Waals surface area (Å²) in [5.41, 5.74) is 7.47. The molecule has 1 aromatic rings. The molecule has 1 saturated heterocycles. The van der Waals surface area contributed by atoms with Crippen molar-refractivity contribution >= 4 is 0 Å². The van der Waals surface area contributed by atoms with E-state index in [-0.39, 0.29) is 6.04 Å². The van der Waals surface area contributed by atoms with E-state index in [4.69, 9.17) is 10.5 Å². The molecule has 0 spiro atoms. The van der Waals surface area contributed by atoms with E-state index in [2.05, 4.69) is 24.3 Å². The van der Waals surface area contributed by atoms with E-state index in [1.54, 1.807) is 0 Å². The summed E-state index contributed by atoms with van der Waals surface area (Å²) in [6.45, 7) is 1.82. The van der Waals surface area contributed by atoms with E-state index >= 15 is 0 Å². The van der Waals surface area contributed by atoms with Gasteiger partial charge in [-0.25, -0.2) is 0 Å². The van der Waals surface area contributed by atoms with Gasteiger partial charge >= 0.3 is 0 Å². The van der Waals surface area contributed by atoms with Crippen molar-refractivity contribution in [1.29, 1.82) is 0 Å². The van der Waals surface area contributed by atoms with E-state index in [0.717, 1.165) is 26.1 Å². The molecular formula is C13H19NO. The summed E-state index contributed by atoms with van der Waals surface area (Å²) >= 11 is 0. The Balaban J connectivity index is 1.79. The van der Waals surface area contributed by atoms with Gasteiger partial charge in [-0.05, 0) is 30.7 Å². The first-order chi connectivity index (χ1) is 7.34. The fraction of sp³-hybridized carbons (Fsp3) is 0.538. The fourth-order valence-corrected chi connectivity index (χ4v) is 2.20. The average molecular weight is 205 g/mol. The monoisotopic (exact) mass is 205 g/mol. The topological polar surface area (TPSA) is 35.2 Å². The maximum atomic E-state index is 6.13. The lowest BCUT2D eigenvalue weighted by atomic mass is 9.95. The average Bonchev–Trinajstić information content (AvgIpc) is 2.71. The number of rotatable bonds is 4. The molecule has 0 bridgehead atoms. The number of nitrogens with two attached hydrogens (primary N) is 1. The summed E-state index contributed by atoms with van der Waals surface area (Å²) < 4.78 is 5.35. The highest BCUT2D eigenvalue weighted by molar-refractivity contribution is 5.15. The highest BCUT2D eigenvalue weighted by atomic mass is 16.5. The second kappa shape index (κ2) is 5.29. The molecule has 0 amide bonds. The molecule has 1 aliphatic heterocycles. The van der Waals surface area contributed by atoms with Crippen LogP contribution in [-0.2, 0) is 11.2 Å². The summed E-state index contributed by atoms with van der Waals surface area (Å²) in [6, 6.07) is 10.7. The number of hydrogen-bond donors (Lipinski definition) is 1. The lowest BCUT2D eigenvalue weighted by Gasteiger charge is -2.15. The maximum Gasteiger partial charge on any atom is 0.0495 e. The Morgan fingerprint density at radius 3 is 2.80 bits per heavy atom. The Morgan fingerprint density at radius 1 is 1.33 bits per heavy atom. The minimum Gasteiger partial charge on any atom is -0.381 e. The Hall–Kier alpha value is -0.860. The first-order valence-corrected chi connectivity index (χ1v) is 5.72. The molecule has 1 heterocycles. The largest absolute Gasteiger partial charge is 0.381 e. The lowest BCUT2D eigenvalue weighted by Crippen LogP contribution is -2.26. The van der Waals surface area contributed by atoms with Gasteiger partial charge in [-0.1, -0.05) is 30.3 Å². The van der Waals surface area contributed by atoms with E-state index in [1.165, 1.54) is 12.0 Å². The lowest BCUT2D eigenvalue weighted by molar-refractivity contribution is 0.182. The fourth-order valence-electron chi connectivity index (χ4n) is 2.20. The third kappa shape index (κ3) is 3.33. The summed E-state index contributed by atoms with van der Waals surface area (Å²) in [6.07, 6.45) is 3.26. The minimum absolute atomic E-state index is 0.277. The molecule has 0 aliphatic carbocycles. The van der Waals surface area contributed by atoms with Crippen LogP contribution in [0.25, 0.3) is 0 Å². The van der Waals surface area contributed by atoms with Gasteiger partial charge in [0.15, 0.2) is 0 Å². The van der Waals surface area contributed by atoms with Crippen LogP contribution < -0.4 is 5.73 Å². The molecule has 1 aromatic carbocycles. The zero-order valence-electron chi connectivity index (χ0n) is 9.06. The standard InChI is InChI=1S/C13H19NO/c14-13(9-12-6-7-15-10-12)8-11-4-2-1-3-5-11/h1-5,12-13H,6-10,14H2. The Labute approximate surface area is 91.4 Å². The van der Waals surface area contributed by atoms with Gasteiger partial charge in [0.05, 0.1) is 0 Å². The van der Waals surface area contributed by atoms with E-state index in [9.17, 15) is 0 Å². The van der Waals surface area contributed by atoms with Crippen molar-refractivity contribution in [2.45, 2.75) is 25.3 Å². The molecule has 15 heavy (non-hydrogen) atoms. The highest BCUT2D eigenvalue weighted by Crippen LogP contribution is 2.18. The van der Waals surface area contributed by atoms with Gasteiger partial charge in [-0.3, -0.25) is 0 Å². The third-order valence-electron chi connectivity index (χ3n) is 3.00. The van der Waals surface area contributed by atoms with Gasteiger partial charge in [0, 0.05) is 19.3 Å². The second-order valence-electron chi connectivity index (χ2n) is 4.42. The van der Waals surface area contributed by atoms with Crippen LogP contribution in [0.3, 0.4) is 0 Å². The van der Waals surface area contributed by atoms with Crippen LogP contribution >= 0.6 is 0 Å². The molecule has 0 aromatic heterocycles. The minimum atomic E-state index is 0.277. The van der Waals surface area contributed by atoms with Crippen LogP contribution in [0, 0.1) is 5.92 Å². The van der Waals surface area contributed by atoms with Crippen LogP contribution in [0.5, 0.6) is 0 Å². The molecule has 2 unspecified atom stereocenters. The normalized spacial score (nSPS) is 22.9. The summed E-state index contributed by atoms with van der Waals surface area (Å²) in [5.74, 6) is 0.684. The second-order valence-corrected chi connectivity index (χ2v) is 4.42. The van der Waals surface area contributed by atoms with Crippen LogP contribution in [0.1, 0.15) is 18.4 Å². The molecule has 1 aliphatic rings. The molecule has 0 radical (unpaired) electrons. The molecule has 0 saturated carbocycles. The third-order valence-corrected chi connectivity index (χ3v) is 3.00. The van der Waals surface area contributed by atoms with Gasteiger partial charge in [0.1, 0.15) is 0 Å². The Kier molecular flexibility index (Phi) is 3.75. The highest BCUT2D eigenvalue weighted by Gasteiger charge is 2.18. The van der Waals surface area contributed by atoms with Crippen molar-refractivity contribution in [2.24, 2.45) is 11.7 Å². The molecule has 2 atom stereocenters. The van der Waals surface area contributed by atoms with Crippen molar-refractivity contribution in [2.75, 3.05) is 13.2 Å². The molecule has 2 rings (SSSR count). The predicted molar refractivity (Wildman–Crippen MR) is 61.7 cm³/mol. The summed E-state index contributed by atoms with van der Waals surface area (Å²) in [4.78, 5) is 0. The van der Waals surface area contributed by atoms with Crippen molar-refractivity contribution in [3.8, 4) is 0 Å². The number of benzene rings is 1. The van der Waals surface area contributed by atoms with E-state index in [0.29, 0.717) is 5.92 Å². The smallest absolute Gasteiger partial charge is 0.0495 e. The summed E-state index contributed by atoms with van der Waals surface area (Å²) in [5, 5.41) is 0. The SMILES string of the molecule is NC(Cc1ccccc1)CC1CCOC1. The van der Waals surface area contributed by atoms with E-state index < -0.39 is 0 Å². The quantitative estimate of drug-likeness (QED) is 0.815. The number of hydrogen-bond acceptors (Lipinski definition) is 2. The summed E-state index contributed by atoms with van der Waals surface area (Å²) in [7, 11) is 0. The van der Waals surface area contributed by atoms with Gasteiger partial charge in [0.2, 0.25) is 0 Å².